The standard InChI is InChI=1S/C16H19FN4O3/c1-4-24-15(22)13-10(2)20-21(3)14(13)19-16(23)18-9-11-5-7-12(17)8-6-11/h5-8H,4,9H2,1-3H3,(H2,18,19,23). The van der Waals surface area contributed by atoms with Gasteiger partial charge >= 0.3 is 12.0 Å². The summed E-state index contributed by atoms with van der Waals surface area (Å²) in [7, 11) is 1.62. The largest absolute Gasteiger partial charge is 0.462 e. The molecule has 7 nitrogen and oxygen atoms in total. The summed E-state index contributed by atoms with van der Waals surface area (Å²) in [6, 6.07) is 5.28. The Labute approximate surface area is 138 Å². The molecule has 0 spiro atoms. The summed E-state index contributed by atoms with van der Waals surface area (Å²) >= 11 is 0. The zero-order chi connectivity index (χ0) is 17.7. The molecule has 1 heterocycles. The molecule has 2 N–H and O–H groups in total. The van der Waals surface area contributed by atoms with E-state index in [2.05, 4.69) is 15.7 Å². The molecule has 128 valence electrons. The fourth-order valence-corrected chi connectivity index (χ4v) is 2.19. The summed E-state index contributed by atoms with van der Waals surface area (Å²) in [5.41, 5.74) is 1.43. The molecule has 0 aliphatic heterocycles. The van der Waals surface area contributed by atoms with Crippen LogP contribution < -0.4 is 10.6 Å². The van der Waals surface area contributed by atoms with Crippen LogP contribution in [-0.2, 0) is 18.3 Å². The van der Waals surface area contributed by atoms with Gasteiger partial charge < -0.3 is 10.1 Å². The molecule has 0 fully saturated rings. The van der Waals surface area contributed by atoms with Crippen molar-refractivity contribution in [3.63, 3.8) is 0 Å². The topological polar surface area (TPSA) is 85.2 Å². The minimum atomic E-state index is -0.545. The molecule has 2 rings (SSSR count). The van der Waals surface area contributed by atoms with E-state index in [1.165, 1.54) is 16.8 Å². The maximum absolute atomic E-state index is 12.8. The van der Waals surface area contributed by atoms with Crippen molar-refractivity contribution >= 4 is 17.8 Å². The van der Waals surface area contributed by atoms with Crippen LogP contribution in [0, 0.1) is 12.7 Å². The molecule has 0 radical (unpaired) electrons. The normalized spacial score (nSPS) is 10.3. The molecular formula is C16H19FN4O3. The lowest BCUT2D eigenvalue weighted by Gasteiger charge is -2.10. The Hall–Kier alpha value is -2.90. The van der Waals surface area contributed by atoms with E-state index >= 15 is 0 Å². The highest BCUT2D eigenvalue weighted by Crippen LogP contribution is 2.19. The average Bonchev–Trinajstić information content (AvgIpc) is 2.81. The first-order chi connectivity index (χ1) is 11.4. The number of benzene rings is 1. The third-order valence-corrected chi connectivity index (χ3v) is 3.30. The molecular weight excluding hydrogens is 315 g/mol. The van der Waals surface area contributed by atoms with Crippen molar-refractivity contribution in [3.05, 3.63) is 46.9 Å². The Morgan fingerprint density at radius 3 is 2.58 bits per heavy atom. The van der Waals surface area contributed by atoms with Gasteiger partial charge in [-0.05, 0) is 31.5 Å². The van der Waals surface area contributed by atoms with Gasteiger partial charge in [0.25, 0.3) is 0 Å². The first-order valence-corrected chi connectivity index (χ1v) is 7.42. The molecule has 2 amide bonds. The Balaban J connectivity index is 2.05. The van der Waals surface area contributed by atoms with E-state index < -0.39 is 12.0 Å². The van der Waals surface area contributed by atoms with Gasteiger partial charge in [-0.2, -0.15) is 5.10 Å². The van der Waals surface area contributed by atoms with E-state index in [1.54, 1.807) is 33.0 Å². The number of rotatable bonds is 5. The van der Waals surface area contributed by atoms with Gasteiger partial charge in [0.15, 0.2) is 0 Å². The summed E-state index contributed by atoms with van der Waals surface area (Å²) in [6.45, 7) is 3.81. The van der Waals surface area contributed by atoms with E-state index in [0.29, 0.717) is 5.69 Å². The van der Waals surface area contributed by atoms with Crippen LogP contribution in [0.5, 0.6) is 0 Å². The zero-order valence-corrected chi connectivity index (χ0v) is 13.7. The Kier molecular flexibility index (Phi) is 5.51. The fraction of sp³-hybridized carbons (Fsp3) is 0.312. The lowest BCUT2D eigenvalue weighted by atomic mass is 10.2. The number of carbonyl (C=O) groups is 2. The number of urea groups is 1. The van der Waals surface area contributed by atoms with Crippen molar-refractivity contribution < 1.29 is 18.7 Å². The Morgan fingerprint density at radius 1 is 1.29 bits per heavy atom. The van der Waals surface area contributed by atoms with Gasteiger partial charge in [-0.3, -0.25) is 10.00 Å². The second-order valence-corrected chi connectivity index (χ2v) is 5.09. The van der Waals surface area contributed by atoms with Crippen LogP contribution in [0.1, 0.15) is 28.5 Å². The Bertz CT molecular complexity index is 741. The van der Waals surface area contributed by atoms with Crippen LogP contribution in [0.3, 0.4) is 0 Å². The average molecular weight is 334 g/mol. The SMILES string of the molecule is CCOC(=O)c1c(C)nn(C)c1NC(=O)NCc1ccc(F)cc1. The predicted octanol–water partition coefficient (Wildman–Crippen LogP) is 2.37. The van der Waals surface area contributed by atoms with Gasteiger partial charge in [0.05, 0.1) is 12.3 Å². The van der Waals surface area contributed by atoms with Crippen LogP contribution in [0.2, 0.25) is 0 Å². The molecule has 1 aromatic carbocycles. The lowest BCUT2D eigenvalue weighted by Crippen LogP contribution is -2.29. The van der Waals surface area contributed by atoms with Gasteiger partial charge in [0.2, 0.25) is 0 Å². The fourth-order valence-electron chi connectivity index (χ4n) is 2.19. The Morgan fingerprint density at radius 2 is 1.96 bits per heavy atom. The van der Waals surface area contributed by atoms with Crippen molar-refractivity contribution in [2.75, 3.05) is 11.9 Å². The van der Waals surface area contributed by atoms with E-state index in [0.717, 1.165) is 5.56 Å². The highest BCUT2D eigenvalue weighted by Gasteiger charge is 2.22. The van der Waals surface area contributed by atoms with Gasteiger partial charge in [0, 0.05) is 13.6 Å². The summed E-state index contributed by atoms with van der Waals surface area (Å²) in [6.07, 6.45) is 0. The summed E-state index contributed by atoms with van der Waals surface area (Å²) in [5, 5.41) is 9.36. The van der Waals surface area contributed by atoms with E-state index in [-0.39, 0.29) is 30.4 Å². The minimum Gasteiger partial charge on any atom is -0.462 e. The molecule has 2 aromatic rings. The summed E-state index contributed by atoms with van der Waals surface area (Å²) in [4.78, 5) is 24.1. The zero-order valence-electron chi connectivity index (χ0n) is 13.7. The second kappa shape index (κ2) is 7.58. The van der Waals surface area contributed by atoms with Crippen LogP contribution in [-0.4, -0.2) is 28.4 Å². The van der Waals surface area contributed by atoms with Crippen LogP contribution in [0.25, 0.3) is 0 Å². The lowest BCUT2D eigenvalue weighted by molar-refractivity contribution is 0.0526. The first kappa shape index (κ1) is 17.5. The second-order valence-electron chi connectivity index (χ2n) is 5.09. The van der Waals surface area contributed by atoms with Crippen LogP contribution in [0.4, 0.5) is 15.0 Å². The first-order valence-electron chi connectivity index (χ1n) is 7.42. The number of carbonyl (C=O) groups excluding carboxylic acids is 2. The molecule has 8 heteroatoms. The third kappa shape index (κ3) is 4.09. The number of ether oxygens (including phenoxy) is 1. The molecule has 0 aliphatic rings. The van der Waals surface area contributed by atoms with Gasteiger partial charge in [-0.25, -0.2) is 14.0 Å². The maximum atomic E-state index is 12.8. The molecule has 0 saturated carbocycles. The molecule has 24 heavy (non-hydrogen) atoms. The molecule has 0 bridgehead atoms. The van der Waals surface area contributed by atoms with Crippen LogP contribution in [0.15, 0.2) is 24.3 Å². The molecule has 0 unspecified atom stereocenters. The van der Waals surface area contributed by atoms with Crippen molar-refractivity contribution in [1.29, 1.82) is 0 Å². The van der Waals surface area contributed by atoms with Gasteiger partial charge in [-0.15, -0.1) is 0 Å². The molecule has 1 aromatic heterocycles. The van der Waals surface area contributed by atoms with Crippen LogP contribution >= 0.6 is 0 Å². The monoisotopic (exact) mass is 334 g/mol. The highest BCUT2D eigenvalue weighted by molar-refractivity contribution is 6.00. The number of nitrogens with one attached hydrogen (secondary N) is 2. The molecule has 0 saturated heterocycles. The predicted molar refractivity (Wildman–Crippen MR) is 86.2 cm³/mol. The highest BCUT2D eigenvalue weighted by atomic mass is 19.1. The molecule has 0 atom stereocenters. The number of halogens is 1. The number of hydrogen-bond donors (Lipinski definition) is 2. The number of esters is 1. The van der Waals surface area contributed by atoms with Crippen molar-refractivity contribution in [2.24, 2.45) is 7.05 Å². The van der Waals surface area contributed by atoms with E-state index in [1.807, 2.05) is 0 Å². The quantitative estimate of drug-likeness (QED) is 0.822. The summed E-state index contributed by atoms with van der Waals surface area (Å²) < 4.78 is 19.2. The number of anilines is 1. The van der Waals surface area contributed by atoms with E-state index in [9.17, 15) is 14.0 Å². The van der Waals surface area contributed by atoms with Gasteiger partial charge in [0.1, 0.15) is 17.2 Å². The maximum Gasteiger partial charge on any atom is 0.343 e. The van der Waals surface area contributed by atoms with Crippen molar-refractivity contribution in [3.8, 4) is 0 Å². The summed E-state index contributed by atoms with van der Waals surface area (Å²) in [5.74, 6) is -0.632. The van der Waals surface area contributed by atoms with Gasteiger partial charge in [-0.1, -0.05) is 12.1 Å². The van der Waals surface area contributed by atoms with Crippen molar-refractivity contribution in [2.45, 2.75) is 20.4 Å². The molecule has 0 aliphatic carbocycles. The van der Waals surface area contributed by atoms with Crippen molar-refractivity contribution in [1.82, 2.24) is 15.1 Å². The number of amides is 2. The number of aryl methyl sites for hydroxylation is 2. The number of aromatic nitrogens is 2. The smallest absolute Gasteiger partial charge is 0.343 e. The minimum absolute atomic E-state index is 0.219. The number of nitrogens with zero attached hydrogens (tertiary/aromatic N) is 2. The van der Waals surface area contributed by atoms with E-state index in [4.69, 9.17) is 4.74 Å². The number of hydrogen-bond acceptors (Lipinski definition) is 4. The third-order valence-electron chi connectivity index (χ3n) is 3.30.